The molecule has 0 radical (unpaired) electrons. The van der Waals surface area contributed by atoms with Crippen molar-refractivity contribution in [1.82, 2.24) is 39.2 Å². The van der Waals surface area contributed by atoms with Gasteiger partial charge in [0.05, 0.1) is 55.1 Å². The number of nitrogens with zero attached hydrogens (tertiary/aromatic N) is 6. The van der Waals surface area contributed by atoms with E-state index in [0.717, 1.165) is 128 Å². The highest BCUT2D eigenvalue weighted by molar-refractivity contribution is 7.48. The molecule has 10 N–H and O–H groups in total. The number of rotatable bonds is 33. The molecule has 6 rings (SSSR count). The highest BCUT2D eigenvalue weighted by Gasteiger charge is 2.23. The lowest BCUT2D eigenvalue weighted by atomic mass is 10.1. The van der Waals surface area contributed by atoms with E-state index in [1.54, 1.807) is 12.1 Å². The van der Waals surface area contributed by atoms with Gasteiger partial charge in [-0.15, -0.1) is 0 Å². The van der Waals surface area contributed by atoms with E-state index < -0.39 is 16.3 Å². The first-order chi connectivity index (χ1) is 39.0. The van der Waals surface area contributed by atoms with Crippen LogP contribution in [0.25, 0.3) is 43.9 Å². The average molecular weight is 1210 g/mol. The number of pyridine rings is 2. The van der Waals surface area contributed by atoms with E-state index in [9.17, 15) is 14.6 Å². The molecule has 23 heteroatoms. The van der Waals surface area contributed by atoms with Crippen LogP contribution in [0.4, 0.5) is 11.6 Å². The number of aliphatic hydroxyl groups excluding tert-OH is 3. The van der Waals surface area contributed by atoms with Crippen molar-refractivity contribution < 1.29 is 52.6 Å². The second-order valence-corrected chi connectivity index (χ2v) is 22.5. The van der Waals surface area contributed by atoms with Crippen LogP contribution in [0.3, 0.4) is 0 Å². The standard InChI is InChI=1S/C23H35N4O6P.C19H26N4O2.C9H23N2O2P.C5H12O.C2H6.2CH4/c1-4-6-7-20-26-21-22(27(20)10-11-28)18-9-8-17(14-19(18)25-23(21)24)31-12-13-32-34(29,30)33-15-16(3)5-2;1-3-5-6-16-22-17-18(23(16)9-4-2)14-8-7-13(25-11-10-24)12-15(14)21-19(17)20;1-5-9(3)7-13-14(10-4)11-8-12-6-2;1-3-5(2)4-6;1-2;;/h8-9,14,16,28H,4-7,10-13,15H2,1-3H3,(H2,24,25)(H,29,30);7-8,12,24H,3-6,9-11H2,1-2H3,(H2,20,21);9-11H,5-8H2,1-4H3;5-6H,3-4H2,1-2H3;1-2H3;2*1H4/t16-;;9-,14?;5-;;;/m1.11.../s1. The van der Waals surface area contributed by atoms with Gasteiger partial charge in [-0.3, -0.25) is 14.1 Å². The van der Waals surface area contributed by atoms with Crippen LogP contribution in [-0.4, -0.2) is 123 Å². The number of phosphoric acid groups is 1. The lowest BCUT2D eigenvalue weighted by Gasteiger charge is -2.19. The molecule has 6 aromatic rings. The molecule has 4 heterocycles. The number of unbranched alkanes of at least 4 members (excludes halogenated alkanes) is 2. The van der Waals surface area contributed by atoms with Crippen molar-refractivity contribution in [2.45, 2.75) is 175 Å². The largest absolute Gasteiger partial charge is 0.491 e. The van der Waals surface area contributed by atoms with Crippen LogP contribution in [0.5, 0.6) is 11.5 Å². The second-order valence-electron chi connectivity index (χ2n) is 19.4. The van der Waals surface area contributed by atoms with Crippen molar-refractivity contribution >= 4 is 71.8 Å². The van der Waals surface area contributed by atoms with Crippen LogP contribution in [0, 0.1) is 17.8 Å². The van der Waals surface area contributed by atoms with Gasteiger partial charge in [0.15, 0.2) is 20.1 Å². The Balaban J connectivity index is 0.00000120. The lowest BCUT2D eigenvalue weighted by molar-refractivity contribution is 0.117. The number of nitrogens with two attached hydrogens (primary N) is 2. The molecule has 4 aromatic heterocycles. The first-order valence-electron chi connectivity index (χ1n) is 29.3. The lowest BCUT2D eigenvalue weighted by Crippen LogP contribution is -2.21. The molecule has 0 aliphatic rings. The molecule has 0 aliphatic carbocycles. The van der Waals surface area contributed by atoms with Crippen molar-refractivity contribution in [2.24, 2.45) is 17.8 Å². The Labute approximate surface area is 498 Å². The number of imidazole rings is 2. The normalized spacial score (nSPS) is 13.1. The summed E-state index contributed by atoms with van der Waals surface area (Å²) in [6.07, 6.45) is 10.1. The molecular formula is C60H110N10O11P2. The predicted molar refractivity (Wildman–Crippen MR) is 345 cm³/mol. The summed E-state index contributed by atoms with van der Waals surface area (Å²) in [6.45, 7) is 28.9. The molecule has 21 nitrogen and oxygen atoms in total. The molecule has 0 saturated heterocycles. The number of hydrogen-bond acceptors (Lipinski definition) is 18. The zero-order valence-electron chi connectivity index (χ0n) is 51.1. The third-order valence-corrected chi connectivity index (χ3v) is 15.1. The molecule has 5 atom stereocenters. The van der Waals surface area contributed by atoms with Crippen LogP contribution in [0.1, 0.15) is 161 Å². The van der Waals surface area contributed by atoms with E-state index in [1.165, 1.54) is 0 Å². The summed E-state index contributed by atoms with van der Waals surface area (Å²) in [5, 5.41) is 35.0. The average Bonchev–Trinajstić information content (AvgIpc) is 4.27. The highest BCUT2D eigenvalue weighted by atomic mass is 31.2. The molecule has 0 fully saturated rings. The van der Waals surface area contributed by atoms with Crippen LogP contribution in [-0.2, 0) is 48.8 Å². The van der Waals surface area contributed by atoms with Crippen LogP contribution < -0.4 is 31.1 Å². The number of aromatic nitrogens is 6. The van der Waals surface area contributed by atoms with Gasteiger partial charge in [-0.2, -0.15) is 0 Å². The Hall–Kier alpha value is -4.34. The van der Waals surface area contributed by atoms with E-state index >= 15 is 0 Å². The van der Waals surface area contributed by atoms with Gasteiger partial charge < -0.3 is 59.5 Å². The Kier molecular flexibility index (Phi) is 41.9. The number of fused-ring (bicyclic) bond motifs is 6. The van der Waals surface area contributed by atoms with Crippen LogP contribution in [0.2, 0.25) is 0 Å². The number of aliphatic hydroxyl groups is 3. The van der Waals surface area contributed by atoms with Gasteiger partial charge >= 0.3 is 7.82 Å². The molecule has 2 aromatic carbocycles. The summed E-state index contributed by atoms with van der Waals surface area (Å²) in [4.78, 5) is 28.3. The molecule has 0 amide bonds. The topological polar surface area (TPSA) is 291 Å². The summed E-state index contributed by atoms with van der Waals surface area (Å²) in [5.41, 5.74) is 17.2. The predicted octanol–water partition coefficient (Wildman–Crippen LogP) is 12.8. The first-order valence-corrected chi connectivity index (χ1v) is 32.1. The number of nitrogens with one attached hydrogen (secondary N) is 2. The van der Waals surface area contributed by atoms with Crippen molar-refractivity contribution in [3.05, 3.63) is 48.0 Å². The second kappa shape index (κ2) is 44.2. The molecule has 83 heavy (non-hydrogen) atoms. The molecule has 0 bridgehead atoms. The summed E-state index contributed by atoms with van der Waals surface area (Å²) in [7, 11) is -2.95. The minimum atomic E-state index is -4.11. The minimum Gasteiger partial charge on any atom is -0.491 e. The third kappa shape index (κ3) is 26.4. The summed E-state index contributed by atoms with van der Waals surface area (Å²) < 4.78 is 48.2. The number of anilines is 2. The number of nitrogen functional groups attached to an aromatic ring is 2. The van der Waals surface area contributed by atoms with Gasteiger partial charge in [-0.1, -0.05) is 123 Å². The summed E-state index contributed by atoms with van der Waals surface area (Å²) >= 11 is 0. The third-order valence-electron chi connectivity index (χ3n) is 12.9. The van der Waals surface area contributed by atoms with Crippen LogP contribution in [0.15, 0.2) is 36.4 Å². The molecule has 2 unspecified atom stereocenters. The van der Waals surface area contributed by atoms with Gasteiger partial charge in [0.25, 0.3) is 0 Å². The number of phosphoric ester groups is 1. The number of benzene rings is 2. The van der Waals surface area contributed by atoms with Crippen molar-refractivity contribution in [2.75, 3.05) is 84.7 Å². The fraction of sp³-hybridized carbons (Fsp3) is 0.667. The van der Waals surface area contributed by atoms with Gasteiger partial charge in [0.1, 0.15) is 54.1 Å². The van der Waals surface area contributed by atoms with Crippen molar-refractivity contribution in [3.63, 3.8) is 0 Å². The van der Waals surface area contributed by atoms with E-state index in [1.807, 2.05) is 77.4 Å². The fourth-order valence-electron chi connectivity index (χ4n) is 7.61. The number of aryl methyl sites for hydroxylation is 3. The Morgan fingerprint density at radius 2 is 1.14 bits per heavy atom. The Morgan fingerprint density at radius 3 is 1.57 bits per heavy atom. The smallest absolute Gasteiger partial charge is 0.472 e. The maximum absolute atomic E-state index is 11.9. The highest BCUT2D eigenvalue weighted by Crippen LogP contribution is 2.43. The molecule has 0 spiro atoms. The van der Waals surface area contributed by atoms with Gasteiger partial charge in [0, 0.05) is 62.1 Å². The molecule has 0 saturated carbocycles. The first kappa shape index (κ1) is 78.7. The van der Waals surface area contributed by atoms with Gasteiger partial charge in [-0.05, 0) is 75.3 Å². The monoisotopic (exact) mass is 1210 g/mol. The Morgan fingerprint density at radius 1 is 0.651 bits per heavy atom. The quantitative estimate of drug-likeness (QED) is 0.0108. The molecular weight excluding hydrogens is 1100 g/mol. The maximum Gasteiger partial charge on any atom is 0.472 e. The number of ether oxygens (including phenoxy) is 3. The maximum atomic E-state index is 11.9. The summed E-state index contributed by atoms with van der Waals surface area (Å²) in [5.74, 6) is 5.21. The molecule has 0 aliphatic heterocycles. The molecule has 476 valence electrons. The van der Waals surface area contributed by atoms with Crippen molar-refractivity contribution in [3.8, 4) is 11.5 Å². The van der Waals surface area contributed by atoms with E-state index in [0.29, 0.717) is 65.9 Å². The minimum absolute atomic E-state index is 0. The Bertz CT molecular complexity index is 2710. The zero-order chi connectivity index (χ0) is 60.3. The van der Waals surface area contributed by atoms with E-state index in [-0.39, 0.29) is 60.4 Å². The van der Waals surface area contributed by atoms with E-state index in [4.69, 9.17) is 59.4 Å². The van der Waals surface area contributed by atoms with Gasteiger partial charge in [0.2, 0.25) is 0 Å². The van der Waals surface area contributed by atoms with Crippen LogP contribution >= 0.6 is 16.3 Å². The van der Waals surface area contributed by atoms with Gasteiger partial charge in [-0.25, -0.2) is 29.6 Å². The van der Waals surface area contributed by atoms with E-state index in [2.05, 4.69) is 66.3 Å². The summed E-state index contributed by atoms with van der Waals surface area (Å²) in [6, 6.07) is 11.2. The zero-order valence-corrected chi connectivity index (χ0v) is 52.9. The number of hydrogen-bond donors (Lipinski definition) is 8. The SMILES string of the molecule is C.C.CC.CCCCc1nc2c(N)nc3cc(OCCO)ccc3c2n1CCC.CCCCc1nc2c(N)nc3cc(OCCOP(=O)(O)OC[C@H](C)CC)ccc3c2n1CCO.CCOCNP(NC)OC[C@H](C)CC.CC[C@@H](C)CO. The van der Waals surface area contributed by atoms with Crippen molar-refractivity contribution in [1.29, 1.82) is 0 Å². The fourth-order valence-corrected chi connectivity index (χ4v) is 9.42.